The second-order valence-electron chi connectivity index (χ2n) is 4.56. The fourth-order valence-electron chi connectivity index (χ4n) is 1.94. The molecule has 0 saturated carbocycles. The van der Waals surface area contributed by atoms with Crippen molar-refractivity contribution in [2.75, 3.05) is 11.5 Å². The maximum absolute atomic E-state index is 11.1. The largest absolute Gasteiger partial charge is 0.488 e. The molecule has 2 N–H and O–H groups in total. The van der Waals surface area contributed by atoms with Gasteiger partial charge in [0.25, 0.3) is 0 Å². The Bertz CT molecular complexity index is 714. The molecule has 0 radical (unpaired) electrons. The van der Waals surface area contributed by atoms with Crippen molar-refractivity contribution in [2.45, 2.75) is 12.6 Å². The molecule has 0 spiro atoms. The van der Waals surface area contributed by atoms with E-state index in [2.05, 4.69) is 10.1 Å². The van der Waals surface area contributed by atoms with Crippen molar-refractivity contribution in [3.63, 3.8) is 0 Å². The van der Waals surface area contributed by atoms with Crippen LogP contribution in [0.1, 0.15) is 5.89 Å². The van der Waals surface area contributed by atoms with Crippen molar-refractivity contribution in [1.29, 1.82) is 0 Å². The average Bonchev–Trinajstić information content (AvgIpc) is 2.86. The Hall–Kier alpha value is -1.93. The summed E-state index contributed by atoms with van der Waals surface area (Å²) in [5, 5.41) is 3.82. The highest BCUT2D eigenvalue weighted by Crippen LogP contribution is 2.24. The molecule has 1 aliphatic rings. The van der Waals surface area contributed by atoms with Crippen molar-refractivity contribution < 1.29 is 17.7 Å². The van der Waals surface area contributed by atoms with E-state index in [0.717, 1.165) is 5.56 Å². The normalized spacial score (nSPS) is 17.6. The van der Waals surface area contributed by atoms with Gasteiger partial charge in [0.1, 0.15) is 11.9 Å². The van der Waals surface area contributed by atoms with Crippen LogP contribution in [0, 0.1) is 0 Å². The number of rotatable bonds is 4. The predicted octanol–water partition coefficient (Wildman–Crippen LogP) is 0.371. The van der Waals surface area contributed by atoms with Crippen LogP contribution >= 0.6 is 0 Å². The Morgan fingerprint density at radius 3 is 2.85 bits per heavy atom. The monoisotopic (exact) mass is 295 g/mol. The SMILES string of the molecule is NCc1nc(-c2cccc(OC3CS(=O)(=O)C3)c2)no1. The van der Waals surface area contributed by atoms with E-state index in [0.29, 0.717) is 17.5 Å². The molecule has 1 aromatic heterocycles. The molecule has 1 saturated heterocycles. The molecule has 2 heterocycles. The average molecular weight is 295 g/mol. The summed E-state index contributed by atoms with van der Waals surface area (Å²) < 4.78 is 32.7. The maximum Gasteiger partial charge on any atom is 0.240 e. The fraction of sp³-hybridized carbons (Fsp3) is 0.333. The van der Waals surface area contributed by atoms with Gasteiger partial charge in [-0.1, -0.05) is 17.3 Å². The van der Waals surface area contributed by atoms with Gasteiger partial charge in [0, 0.05) is 5.56 Å². The summed E-state index contributed by atoms with van der Waals surface area (Å²) in [7, 11) is -2.89. The van der Waals surface area contributed by atoms with Crippen molar-refractivity contribution in [2.24, 2.45) is 5.73 Å². The van der Waals surface area contributed by atoms with Crippen LogP contribution in [-0.4, -0.2) is 36.2 Å². The Balaban J connectivity index is 1.76. The lowest BCUT2D eigenvalue weighted by Gasteiger charge is -2.26. The molecule has 1 aromatic carbocycles. The lowest BCUT2D eigenvalue weighted by atomic mass is 10.2. The third kappa shape index (κ3) is 2.66. The number of hydrogen-bond donors (Lipinski definition) is 1. The van der Waals surface area contributed by atoms with Gasteiger partial charge in [-0.25, -0.2) is 8.42 Å². The van der Waals surface area contributed by atoms with Gasteiger partial charge in [-0.2, -0.15) is 4.98 Å². The summed E-state index contributed by atoms with van der Waals surface area (Å²) in [4.78, 5) is 4.12. The molecule has 8 heteroatoms. The fourth-order valence-corrected chi connectivity index (χ4v) is 3.11. The van der Waals surface area contributed by atoms with Crippen molar-refractivity contribution >= 4 is 9.84 Å². The minimum absolute atomic E-state index is 0.0662. The number of nitrogens with two attached hydrogens (primary N) is 1. The minimum atomic E-state index is -2.89. The predicted molar refractivity (Wildman–Crippen MR) is 70.7 cm³/mol. The van der Waals surface area contributed by atoms with E-state index in [9.17, 15) is 8.42 Å². The zero-order chi connectivity index (χ0) is 14.2. The van der Waals surface area contributed by atoms with E-state index in [1.165, 1.54) is 0 Å². The van der Waals surface area contributed by atoms with Crippen molar-refractivity contribution in [3.05, 3.63) is 30.2 Å². The van der Waals surface area contributed by atoms with Gasteiger partial charge in [-0.3, -0.25) is 0 Å². The highest BCUT2D eigenvalue weighted by molar-refractivity contribution is 7.92. The maximum atomic E-state index is 11.1. The molecule has 0 amide bonds. The molecule has 1 fully saturated rings. The van der Waals surface area contributed by atoms with E-state index in [4.69, 9.17) is 15.0 Å². The summed E-state index contributed by atoms with van der Waals surface area (Å²) >= 11 is 0. The van der Waals surface area contributed by atoms with Crippen LogP contribution in [-0.2, 0) is 16.4 Å². The third-order valence-corrected chi connectivity index (χ3v) is 4.68. The van der Waals surface area contributed by atoms with E-state index < -0.39 is 9.84 Å². The Kier molecular flexibility index (Phi) is 3.19. The molecule has 1 aliphatic heterocycles. The first-order valence-electron chi connectivity index (χ1n) is 6.06. The van der Waals surface area contributed by atoms with Crippen LogP contribution in [0.25, 0.3) is 11.4 Å². The van der Waals surface area contributed by atoms with Crippen molar-refractivity contribution in [3.8, 4) is 17.1 Å². The van der Waals surface area contributed by atoms with Gasteiger partial charge in [-0.15, -0.1) is 0 Å². The van der Waals surface area contributed by atoms with E-state index in [1.54, 1.807) is 18.2 Å². The van der Waals surface area contributed by atoms with Gasteiger partial charge < -0.3 is 15.0 Å². The van der Waals surface area contributed by atoms with E-state index in [1.807, 2.05) is 6.07 Å². The number of benzene rings is 1. The molecule has 20 heavy (non-hydrogen) atoms. The quantitative estimate of drug-likeness (QED) is 0.868. The summed E-state index contributed by atoms with van der Waals surface area (Å²) in [5.41, 5.74) is 6.14. The second kappa shape index (κ2) is 4.88. The molecular weight excluding hydrogens is 282 g/mol. The first-order chi connectivity index (χ1) is 9.55. The number of aromatic nitrogens is 2. The summed E-state index contributed by atoms with van der Waals surface area (Å²) in [6, 6.07) is 7.11. The van der Waals surface area contributed by atoms with Crippen LogP contribution in [0.15, 0.2) is 28.8 Å². The summed E-state index contributed by atoms with van der Waals surface area (Å²) in [5.74, 6) is 1.50. The molecule has 106 valence electrons. The molecule has 7 nitrogen and oxygen atoms in total. The summed E-state index contributed by atoms with van der Waals surface area (Å²) in [6.45, 7) is 0.184. The summed E-state index contributed by atoms with van der Waals surface area (Å²) in [6.07, 6.45) is -0.278. The smallest absolute Gasteiger partial charge is 0.240 e. The van der Waals surface area contributed by atoms with Crippen LogP contribution in [0.5, 0.6) is 5.75 Å². The van der Waals surface area contributed by atoms with Crippen LogP contribution in [0.2, 0.25) is 0 Å². The highest BCUT2D eigenvalue weighted by Gasteiger charge is 2.35. The molecule has 3 rings (SSSR count). The molecule has 2 aromatic rings. The lowest BCUT2D eigenvalue weighted by Crippen LogP contribution is -2.45. The molecular formula is C12H13N3O4S. The first kappa shape index (κ1) is 13.1. The topological polar surface area (TPSA) is 108 Å². The van der Waals surface area contributed by atoms with Gasteiger partial charge in [0.05, 0.1) is 18.1 Å². The van der Waals surface area contributed by atoms with Crippen LogP contribution in [0.4, 0.5) is 0 Å². The third-order valence-electron chi connectivity index (χ3n) is 2.92. The number of sulfone groups is 1. The second-order valence-corrected chi connectivity index (χ2v) is 6.71. The van der Waals surface area contributed by atoms with Gasteiger partial charge in [0.15, 0.2) is 9.84 Å². The lowest BCUT2D eigenvalue weighted by molar-refractivity contribution is 0.230. The standard InChI is InChI=1S/C12H13N3O4S/c13-5-11-14-12(15-19-11)8-2-1-3-9(4-8)18-10-6-20(16,17)7-10/h1-4,10H,5-7,13H2. The van der Waals surface area contributed by atoms with Gasteiger partial charge >= 0.3 is 0 Å². The molecule has 0 unspecified atom stereocenters. The van der Waals surface area contributed by atoms with Gasteiger partial charge in [0.2, 0.25) is 11.7 Å². The zero-order valence-corrected chi connectivity index (χ0v) is 11.3. The zero-order valence-electron chi connectivity index (χ0n) is 10.5. The highest BCUT2D eigenvalue weighted by atomic mass is 32.2. The van der Waals surface area contributed by atoms with Crippen molar-refractivity contribution in [1.82, 2.24) is 10.1 Å². The molecule has 0 bridgehead atoms. The Morgan fingerprint density at radius 1 is 1.40 bits per heavy atom. The van der Waals surface area contributed by atoms with E-state index in [-0.39, 0.29) is 24.2 Å². The molecule has 0 atom stereocenters. The minimum Gasteiger partial charge on any atom is -0.488 e. The molecule has 0 aliphatic carbocycles. The number of hydrogen-bond acceptors (Lipinski definition) is 7. The number of ether oxygens (including phenoxy) is 1. The number of nitrogens with zero attached hydrogens (tertiary/aromatic N) is 2. The van der Waals surface area contributed by atoms with Crippen LogP contribution < -0.4 is 10.5 Å². The first-order valence-corrected chi connectivity index (χ1v) is 7.88. The Labute approximate surface area is 115 Å². The van der Waals surface area contributed by atoms with Gasteiger partial charge in [-0.05, 0) is 12.1 Å². The Morgan fingerprint density at radius 2 is 2.20 bits per heavy atom. The van der Waals surface area contributed by atoms with Crippen LogP contribution in [0.3, 0.4) is 0 Å². The van der Waals surface area contributed by atoms with E-state index >= 15 is 0 Å².